The van der Waals surface area contributed by atoms with Crippen molar-refractivity contribution in [2.75, 3.05) is 6.61 Å². The highest BCUT2D eigenvalue weighted by molar-refractivity contribution is 5.80. The van der Waals surface area contributed by atoms with Crippen molar-refractivity contribution < 1.29 is 9.94 Å². The van der Waals surface area contributed by atoms with Crippen LogP contribution in [0.4, 0.5) is 0 Å². The van der Waals surface area contributed by atoms with Gasteiger partial charge in [0.2, 0.25) is 0 Å². The van der Waals surface area contributed by atoms with Gasteiger partial charge in [-0.05, 0) is 13.3 Å². The molecule has 0 aromatic heterocycles. The third-order valence-electron chi connectivity index (χ3n) is 2.11. The van der Waals surface area contributed by atoms with Gasteiger partial charge in [0, 0.05) is 0 Å². The maximum Gasteiger partial charge on any atom is 0.165 e. The van der Waals surface area contributed by atoms with Crippen LogP contribution in [-0.2, 0) is 4.74 Å². The Labute approximate surface area is 86.1 Å². The maximum atomic E-state index is 8.28. The molecule has 0 aromatic carbocycles. The number of unbranched alkanes of at least 4 members (excludes halogenated alkanes) is 3. The summed E-state index contributed by atoms with van der Waals surface area (Å²) in [6.45, 7) is 4.42. The Hall–Kier alpha value is -0.770. The summed E-state index contributed by atoms with van der Waals surface area (Å²) in [4.78, 5) is 0. The molecule has 0 spiro atoms. The molecule has 0 rings (SSSR count). The molecule has 0 saturated heterocycles. The van der Waals surface area contributed by atoms with Crippen LogP contribution in [-0.4, -0.2) is 23.8 Å². The lowest BCUT2D eigenvalue weighted by Gasteiger charge is -2.11. The van der Waals surface area contributed by atoms with Gasteiger partial charge >= 0.3 is 0 Å². The first-order chi connectivity index (χ1) is 6.70. The van der Waals surface area contributed by atoms with Crippen molar-refractivity contribution in [2.45, 2.75) is 52.1 Å². The van der Waals surface area contributed by atoms with Crippen LogP contribution in [0.2, 0.25) is 0 Å². The quantitative estimate of drug-likeness (QED) is 0.208. The zero-order valence-electron chi connectivity index (χ0n) is 9.20. The monoisotopic (exact) mass is 202 g/mol. The molecule has 1 unspecified atom stereocenters. The molecule has 0 amide bonds. The molecule has 14 heavy (non-hydrogen) atoms. The van der Waals surface area contributed by atoms with Gasteiger partial charge in [-0.1, -0.05) is 37.8 Å². The lowest BCUT2D eigenvalue weighted by atomic mass is 10.1. The van der Waals surface area contributed by atoms with Gasteiger partial charge in [-0.15, -0.1) is 0 Å². The predicted molar refractivity (Wildman–Crippen MR) is 57.6 cm³/mol. The number of ether oxygens (including phenoxy) is 1. The van der Waals surface area contributed by atoms with E-state index in [0.717, 1.165) is 6.42 Å². The third kappa shape index (κ3) is 7.86. The van der Waals surface area contributed by atoms with Gasteiger partial charge in [0.05, 0.1) is 6.10 Å². The lowest BCUT2D eigenvalue weighted by molar-refractivity contribution is 0.0852. The largest absolute Gasteiger partial charge is 0.409 e. The Morgan fingerprint density at radius 1 is 1.43 bits per heavy atom. The summed E-state index contributed by atoms with van der Waals surface area (Å²) in [5.74, 6) is 0.130. The number of amidine groups is 1. The SMILES string of the molecule is CCCCCCC(C)OC/C(N)=N/O. The standard InChI is InChI=1S/C10H22N2O2/c1-3-4-5-6-7-9(2)14-8-10(11)12-13/h9,13H,3-8H2,1-2H3,(H2,11,12). The predicted octanol–water partition coefficient (Wildman–Crippen LogP) is 2.11. The van der Waals surface area contributed by atoms with Gasteiger partial charge in [0.1, 0.15) is 6.61 Å². The fourth-order valence-electron chi connectivity index (χ4n) is 1.20. The molecular formula is C10H22N2O2. The van der Waals surface area contributed by atoms with Crippen LogP contribution in [0.1, 0.15) is 46.0 Å². The van der Waals surface area contributed by atoms with Gasteiger partial charge in [-0.2, -0.15) is 0 Å². The fraction of sp³-hybridized carbons (Fsp3) is 0.900. The Bertz CT molecular complexity index is 160. The number of hydrogen-bond acceptors (Lipinski definition) is 3. The smallest absolute Gasteiger partial charge is 0.165 e. The van der Waals surface area contributed by atoms with Crippen molar-refractivity contribution in [1.82, 2.24) is 0 Å². The van der Waals surface area contributed by atoms with E-state index in [9.17, 15) is 0 Å². The Kier molecular flexibility index (Phi) is 8.33. The first-order valence-corrected chi connectivity index (χ1v) is 5.28. The summed E-state index contributed by atoms with van der Waals surface area (Å²) in [7, 11) is 0. The normalized spacial score (nSPS) is 14.3. The average Bonchev–Trinajstić information content (AvgIpc) is 2.21. The molecule has 4 heteroatoms. The number of rotatable bonds is 8. The highest BCUT2D eigenvalue weighted by Crippen LogP contribution is 2.07. The molecule has 3 N–H and O–H groups in total. The first kappa shape index (κ1) is 13.2. The van der Waals surface area contributed by atoms with Crippen LogP contribution in [0, 0.1) is 0 Å². The minimum absolute atomic E-state index is 0.130. The van der Waals surface area contributed by atoms with Crippen LogP contribution >= 0.6 is 0 Å². The number of hydrogen-bond donors (Lipinski definition) is 2. The molecule has 0 saturated carbocycles. The highest BCUT2D eigenvalue weighted by atomic mass is 16.5. The highest BCUT2D eigenvalue weighted by Gasteiger charge is 2.02. The Balaban J connectivity index is 3.32. The van der Waals surface area contributed by atoms with E-state index in [1.165, 1.54) is 25.7 Å². The van der Waals surface area contributed by atoms with E-state index in [2.05, 4.69) is 12.1 Å². The van der Waals surface area contributed by atoms with Gasteiger partial charge in [-0.3, -0.25) is 0 Å². The van der Waals surface area contributed by atoms with E-state index >= 15 is 0 Å². The van der Waals surface area contributed by atoms with Crippen LogP contribution in [0.25, 0.3) is 0 Å². The molecule has 0 bridgehead atoms. The molecule has 0 aliphatic rings. The molecule has 0 fully saturated rings. The van der Waals surface area contributed by atoms with Crippen molar-refractivity contribution in [3.8, 4) is 0 Å². The van der Waals surface area contributed by atoms with Crippen LogP contribution < -0.4 is 5.73 Å². The summed E-state index contributed by atoms with van der Waals surface area (Å²) in [6.07, 6.45) is 6.21. The topological polar surface area (TPSA) is 67.8 Å². The zero-order chi connectivity index (χ0) is 10.8. The van der Waals surface area contributed by atoms with Gasteiger partial charge in [0.15, 0.2) is 5.84 Å². The Morgan fingerprint density at radius 2 is 2.14 bits per heavy atom. The molecule has 0 aliphatic carbocycles. The molecule has 0 aromatic rings. The number of nitrogens with zero attached hydrogens (tertiary/aromatic N) is 1. The second-order valence-electron chi connectivity index (χ2n) is 3.56. The van der Waals surface area contributed by atoms with E-state index in [0.29, 0.717) is 0 Å². The summed E-state index contributed by atoms with van der Waals surface area (Å²) in [5.41, 5.74) is 5.27. The van der Waals surface area contributed by atoms with Crippen LogP contribution in [0.3, 0.4) is 0 Å². The fourth-order valence-corrected chi connectivity index (χ4v) is 1.20. The first-order valence-electron chi connectivity index (χ1n) is 5.28. The van der Waals surface area contributed by atoms with Crippen molar-refractivity contribution in [3.63, 3.8) is 0 Å². The van der Waals surface area contributed by atoms with E-state index in [1.54, 1.807) is 0 Å². The van der Waals surface area contributed by atoms with Gasteiger partial charge < -0.3 is 15.7 Å². The minimum Gasteiger partial charge on any atom is -0.409 e. The Morgan fingerprint density at radius 3 is 2.71 bits per heavy atom. The van der Waals surface area contributed by atoms with Crippen molar-refractivity contribution in [1.29, 1.82) is 0 Å². The maximum absolute atomic E-state index is 8.28. The van der Waals surface area contributed by atoms with Crippen molar-refractivity contribution >= 4 is 5.84 Å². The summed E-state index contributed by atoms with van der Waals surface area (Å²) in [6, 6.07) is 0. The van der Waals surface area contributed by atoms with Gasteiger partial charge in [-0.25, -0.2) is 0 Å². The van der Waals surface area contributed by atoms with Crippen molar-refractivity contribution in [2.24, 2.45) is 10.9 Å². The second-order valence-corrected chi connectivity index (χ2v) is 3.56. The molecule has 0 aliphatic heterocycles. The van der Waals surface area contributed by atoms with E-state index in [-0.39, 0.29) is 18.5 Å². The average molecular weight is 202 g/mol. The van der Waals surface area contributed by atoms with E-state index in [4.69, 9.17) is 15.7 Å². The van der Waals surface area contributed by atoms with Crippen molar-refractivity contribution in [3.05, 3.63) is 0 Å². The molecule has 84 valence electrons. The third-order valence-corrected chi connectivity index (χ3v) is 2.11. The van der Waals surface area contributed by atoms with Crippen LogP contribution in [0.5, 0.6) is 0 Å². The molecule has 4 nitrogen and oxygen atoms in total. The summed E-state index contributed by atoms with van der Waals surface area (Å²) in [5, 5.41) is 11.1. The molecule has 0 heterocycles. The number of oxime groups is 1. The minimum atomic E-state index is 0.130. The van der Waals surface area contributed by atoms with Crippen LogP contribution in [0.15, 0.2) is 5.16 Å². The molecule has 1 atom stereocenters. The molecule has 0 radical (unpaired) electrons. The summed E-state index contributed by atoms with van der Waals surface area (Å²) < 4.78 is 5.36. The second kappa shape index (κ2) is 8.81. The lowest BCUT2D eigenvalue weighted by Crippen LogP contribution is -2.22. The van der Waals surface area contributed by atoms with Gasteiger partial charge in [0.25, 0.3) is 0 Å². The zero-order valence-corrected chi connectivity index (χ0v) is 9.20. The number of nitrogens with two attached hydrogens (primary N) is 1. The van der Waals surface area contributed by atoms with E-state index < -0.39 is 0 Å². The van der Waals surface area contributed by atoms with E-state index in [1.807, 2.05) is 6.92 Å². The molecular weight excluding hydrogens is 180 g/mol. The summed E-state index contributed by atoms with van der Waals surface area (Å²) >= 11 is 0.